The Bertz CT molecular complexity index is 194. The molecule has 2 aliphatic carbocycles. The highest BCUT2D eigenvalue weighted by atomic mass is 35.5. The largest absolute Gasteiger partial charge is 0.390 e. The molecule has 3 rings (SSSR count). The Balaban J connectivity index is 0.000000653. The quantitative estimate of drug-likeness (QED) is 0.505. The Morgan fingerprint density at radius 3 is 1.77 bits per heavy atom. The van der Waals surface area contributed by atoms with E-state index in [2.05, 4.69) is 5.32 Å². The number of hydrogen-bond acceptors (Lipinski definition) is 3. The van der Waals surface area contributed by atoms with Gasteiger partial charge in [0.05, 0.1) is 12.2 Å². The van der Waals surface area contributed by atoms with Gasteiger partial charge in [0.15, 0.2) is 0 Å². The van der Waals surface area contributed by atoms with Gasteiger partial charge >= 0.3 is 0 Å². The summed E-state index contributed by atoms with van der Waals surface area (Å²) >= 11 is 0. The van der Waals surface area contributed by atoms with Crippen LogP contribution in [0, 0.1) is 23.7 Å². The summed E-state index contributed by atoms with van der Waals surface area (Å²) in [6.07, 6.45) is 0.187. The maximum atomic E-state index is 9.66. The molecule has 0 amide bonds. The standard InChI is InChI=1S/C9H15NO2.ClH/c11-8-4-1-5(9(8)12)7-3-10-2-6(4)7;/h4-12H,1-3H2;1H/t4-,5+,6-,7+,8-,9+;. The second-order valence-electron chi connectivity index (χ2n) is 4.53. The van der Waals surface area contributed by atoms with E-state index in [4.69, 9.17) is 0 Å². The highest BCUT2D eigenvalue weighted by Crippen LogP contribution is 2.53. The molecule has 4 heteroatoms. The first-order chi connectivity index (χ1) is 5.79. The molecule has 13 heavy (non-hydrogen) atoms. The second kappa shape index (κ2) is 3.09. The molecular weight excluding hydrogens is 190 g/mol. The fourth-order valence-corrected chi connectivity index (χ4v) is 3.61. The van der Waals surface area contributed by atoms with Crippen molar-refractivity contribution in [2.45, 2.75) is 18.6 Å². The average Bonchev–Trinajstić information content (AvgIpc) is 2.63. The van der Waals surface area contributed by atoms with Crippen LogP contribution in [0.3, 0.4) is 0 Å². The summed E-state index contributed by atoms with van der Waals surface area (Å²) in [4.78, 5) is 0. The van der Waals surface area contributed by atoms with E-state index >= 15 is 0 Å². The van der Waals surface area contributed by atoms with Gasteiger partial charge in [0.2, 0.25) is 0 Å². The van der Waals surface area contributed by atoms with E-state index in [-0.39, 0.29) is 12.4 Å². The summed E-state index contributed by atoms with van der Waals surface area (Å²) in [6.45, 7) is 2.10. The van der Waals surface area contributed by atoms with Crippen LogP contribution in [0.1, 0.15) is 6.42 Å². The molecule has 6 atom stereocenters. The number of nitrogens with one attached hydrogen (secondary N) is 1. The van der Waals surface area contributed by atoms with Gasteiger partial charge in [-0.3, -0.25) is 0 Å². The lowest BCUT2D eigenvalue weighted by Gasteiger charge is -2.31. The third kappa shape index (κ3) is 1.08. The van der Waals surface area contributed by atoms with E-state index in [0.29, 0.717) is 23.7 Å². The van der Waals surface area contributed by atoms with Crippen LogP contribution in [0.2, 0.25) is 0 Å². The summed E-state index contributed by atoms with van der Waals surface area (Å²) in [5, 5.41) is 22.7. The molecule has 3 nitrogen and oxygen atoms in total. The van der Waals surface area contributed by atoms with Crippen LogP contribution < -0.4 is 5.32 Å². The molecule has 3 N–H and O–H groups in total. The fourth-order valence-electron chi connectivity index (χ4n) is 3.61. The SMILES string of the molecule is Cl.O[C@@H]1[C@H](O)[C@@H]2C[C@H]1[C@@H]1CNC[C@@H]12. The van der Waals surface area contributed by atoms with Gasteiger partial charge in [-0.25, -0.2) is 0 Å². The molecule has 0 unspecified atom stereocenters. The summed E-state index contributed by atoms with van der Waals surface area (Å²) in [5.74, 6) is 2.05. The maximum Gasteiger partial charge on any atom is 0.0833 e. The molecule has 1 heterocycles. The molecular formula is C9H16ClNO2. The van der Waals surface area contributed by atoms with Gasteiger partial charge in [-0.2, -0.15) is 0 Å². The maximum absolute atomic E-state index is 9.66. The van der Waals surface area contributed by atoms with Crippen molar-refractivity contribution in [3.05, 3.63) is 0 Å². The summed E-state index contributed by atoms with van der Waals surface area (Å²) < 4.78 is 0. The Kier molecular flexibility index (Phi) is 2.31. The zero-order chi connectivity index (χ0) is 8.29. The van der Waals surface area contributed by atoms with Crippen LogP contribution in [-0.4, -0.2) is 35.5 Å². The first-order valence-electron chi connectivity index (χ1n) is 4.86. The van der Waals surface area contributed by atoms with Gasteiger partial charge in [0, 0.05) is 0 Å². The minimum absolute atomic E-state index is 0. The van der Waals surface area contributed by atoms with Crippen molar-refractivity contribution in [1.82, 2.24) is 5.32 Å². The smallest absolute Gasteiger partial charge is 0.0833 e. The zero-order valence-electron chi connectivity index (χ0n) is 7.39. The molecule has 2 bridgehead atoms. The highest BCUT2D eigenvalue weighted by Gasteiger charge is 2.58. The summed E-state index contributed by atoms with van der Waals surface area (Å²) in [5.41, 5.74) is 0. The number of hydrogen-bond donors (Lipinski definition) is 3. The topological polar surface area (TPSA) is 52.5 Å². The number of aliphatic hydroxyl groups is 2. The van der Waals surface area contributed by atoms with Crippen LogP contribution in [0.25, 0.3) is 0 Å². The monoisotopic (exact) mass is 205 g/mol. The van der Waals surface area contributed by atoms with Crippen molar-refractivity contribution in [3.63, 3.8) is 0 Å². The van der Waals surface area contributed by atoms with Gasteiger partial charge in [-0.1, -0.05) is 0 Å². The Morgan fingerprint density at radius 2 is 1.31 bits per heavy atom. The van der Waals surface area contributed by atoms with Crippen molar-refractivity contribution >= 4 is 12.4 Å². The van der Waals surface area contributed by atoms with Gasteiger partial charge in [0.25, 0.3) is 0 Å². The number of rotatable bonds is 0. The first-order valence-corrected chi connectivity index (χ1v) is 4.86. The van der Waals surface area contributed by atoms with Crippen LogP contribution in [0.4, 0.5) is 0 Å². The zero-order valence-corrected chi connectivity index (χ0v) is 8.20. The van der Waals surface area contributed by atoms with Crippen molar-refractivity contribution in [2.24, 2.45) is 23.7 Å². The number of fused-ring (bicyclic) bond motifs is 5. The van der Waals surface area contributed by atoms with E-state index in [1.807, 2.05) is 0 Å². The lowest BCUT2D eigenvalue weighted by Crippen LogP contribution is -2.41. The molecule has 0 aromatic heterocycles. The summed E-state index contributed by atoms with van der Waals surface area (Å²) in [6, 6.07) is 0. The van der Waals surface area contributed by atoms with E-state index in [9.17, 15) is 10.2 Å². The molecule has 2 saturated carbocycles. The lowest BCUT2D eigenvalue weighted by atomic mass is 9.79. The molecule has 0 aromatic carbocycles. The van der Waals surface area contributed by atoms with E-state index in [1.165, 1.54) is 0 Å². The van der Waals surface area contributed by atoms with Crippen LogP contribution >= 0.6 is 12.4 Å². The molecule has 76 valence electrons. The predicted molar refractivity (Wildman–Crippen MR) is 50.7 cm³/mol. The Morgan fingerprint density at radius 1 is 0.846 bits per heavy atom. The second-order valence-corrected chi connectivity index (χ2v) is 4.53. The third-order valence-corrected chi connectivity index (χ3v) is 4.18. The highest BCUT2D eigenvalue weighted by molar-refractivity contribution is 5.85. The molecule has 3 fully saturated rings. The molecule has 0 spiro atoms. The molecule has 3 aliphatic rings. The van der Waals surface area contributed by atoms with Gasteiger partial charge in [0.1, 0.15) is 0 Å². The molecule has 1 saturated heterocycles. The first kappa shape index (κ1) is 9.71. The van der Waals surface area contributed by atoms with Gasteiger partial charge in [-0.05, 0) is 43.2 Å². The van der Waals surface area contributed by atoms with Gasteiger partial charge in [-0.15, -0.1) is 12.4 Å². The normalized spacial score (nSPS) is 57.7. The van der Waals surface area contributed by atoms with Crippen molar-refractivity contribution in [1.29, 1.82) is 0 Å². The number of halogens is 1. The molecule has 0 aromatic rings. The van der Waals surface area contributed by atoms with E-state index in [0.717, 1.165) is 19.5 Å². The average molecular weight is 206 g/mol. The van der Waals surface area contributed by atoms with Crippen molar-refractivity contribution in [2.75, 3.05) is 13.1 Å². The van der Waals surface area contributed by atoms with E-state index < -0.39 is 12.2 Å². The van der Waals surface area contributed by atoms with Gasteiger partial charge < -0.3 is 15.5 Å². The summed E-state index contributed by atoms with van der Waals surface area (Å²) in [7, 11) is 0. The Labute approximate surface area is 83.9 Å². The van der Waals surface area contributed by atoms with Crippen molar-refractivity contribution in [3.8, 4) is 0 Å². The minimum atomic E-state index is -0.434. The molecule has 1 aliphatic heterocycles. The minimum Gasteiger partial charge on any atom is -0.390 e. The van der Waals surface area contributed by atoms with Crippen molar-refractivity contribution < 1.29 is 10.2 Å². The van der Waals surface area contributed by atoms with E-state index in [1.54, 1.807) is 0 Å². The Hall–Kier alpha value is 0.170. The predicted octanol–water partition coefficient (Wildman–Crippen LogP) is -0.385. The van der Waals surface area contributed by atoms with Crippen LogP contribution in [0.5, 0.6) is 0 Å². The molecule has 0 radical (unpaired) electrons. The lowest BCUT2D eigenvalue weighted by molar-refractivity contribution is -0.0460. The van der Waals surface area contributed by atoms with Crippen LogP contribution in [0.15, 0.2) is 0 Å². The number of aliphatic hydroxyl groups excluding tert-OH is 2. The fraction of sp³-hybridized carbons (Fsp3) is 1.00. The van der Waals surface area contributed by atoms with Crippen LogP contribution in [-0.2, 0) is 0 Å². The third-order valence-electron chi connectivity index (χ3n) is 4.18.